The quantitative estimate of drug-likeness (QED) is 0.609. The molecule has 138 valence electrons. The van der Waals surface area contributed by atoms with Crippen molar-refractivity contribution < 1.29 is 9.47 Å². The van der Waals surface area contributed by atoms with Gasteiger partial charge in [-0.1, -0.05) is 73.7 Å². The van der Waals surface area contributed by atoms with E-state index < -0.39 is 0 Å². The maximum atomic E-state index is 5.47. The molecule has 4 rings (SSSR count). The van der Waals surface area contributed by atoms with Crippen molar-refractivity contribution in [3.05, 3.63) is 95.6 Å². The lowest BCUT2D eigenvalue weighted by molar-refractivity contribution is 0.174. The normalized spacial score (nSPS) is 12.9. The third-order valence-corrected chi connectivity index (χ3v) is 5.39. The van der Waals surface area contributed by atoms with E-state index in [0.717, 1.165) is 31.0 Å². The lowest BCUT2D eigenvalue weighted by Gasteiger charge is -2.31. The Labute approximate surface area is 161 Å². The summed E-state index contributed by atoms with van der Waals surface area (Å²) in [6.07, 6.45) is 1.02. The molecule has 0 bridgehead atoms. The zero-order valence-corrected chi connectivity index (χ0v) is 15.7. The minimum Gasteiger partial charge on any atom is -0.454 e. The molecule has 1 aliphatic rings. The molecule has 0 aliphatic carbocycles. The Morgan fingerprint density at radius 2 is 1.44 bits per heavy atom. The van der Waals surface area contributed by atoms with Gasteiger partial charge in [0, 0.05) is 12.0 Å². The summed E-state index contributed by atoms with van der Waals surface area (Å²) in [5, 5.41) is 3.59. The summed E-state index contributed by atoms with van der Waals surface area (Å²) in [5.41, 5.74) is 3.88. The van der Waals surface area contributed by atoms with Crippen molar-refractivity contribution in [2.75, 3.05) is 13.3 Å². The van der Waals surface area contributed by atoms with Crippen molar-refractivity contribution in [2.24, 2.45) is 0 Å². The molecule has 3 nitrogen and oxygen atoms in total. The van der Waals surface area contributed by atoms with Gasteiger partial charge in [-0.3, -0.25) is 0 Å². The maximum absolute atomic E-state index is 5.47. The summed E-state index contributed by atoms with van der Waals surface area (Å²) in [6.45, 7) is 4.39. The molecule has 1 N–H and O–H groups in total. The predicted octanol–water partition coefficient (Wildman–Crippen LogP) is 4.90. The first-order valence-electron chi connectivity index (χ1n) is 9.46. The van der Waals surface area contributed by atoms with E-state index in [1.54, 1.807) is 0 Å². The molecular weight excluding hydrogens is 334 g/mol. The molecular formula is C24H25NO2. The minimum atomic E-state index is -0.0234. The SMILES string of the molecule is CC(CCNCc1ccc2c(c1)OCO2)(c1ccccc1)c1ccccc1. The van der Waals surface area contributed by atoms with Gasteiger partial charge in [-0.25, -0.2) is 0 Å². The molecule has 1 aliphatic heterocycles. The predicted molar refractivity (Wildman–Crippen MR) is 108 cm³/mol. The van der Waals surface area contributed by atoms with Crippen molar-refractivity contribution in [1.82, 2.24) is 5.32 Å². The van der Waals surface area contributed by atoms with Gasteiger partial charge < -0.3 is 14.8 Å². The summed E-state index contributed by atoms with van der Waals surface area (Å²) in [4.78, 5) is 0. The lowest BCUT2D eigenvalue weighted by atomic mass is 9.74. The molecule has 0 aromatic heterocycles. The maximum Gasteiger partial charge on any atom is 0.231 e. The molecule has 3 aromatic carbocycles. The Balaban J connectivity index is 1.43. The van der Waals surface area contributed by atoms with Crippen LogP contribution in [0.2, 0.25) is 0 Å². The van der Waals surface area contributed by atoms with E-state index in [1.165, 1.54) is 16.7 Å². The smallest absolute Gasteiger partial charge is 0.231 e. The van der Waals surface area contributed by atoms with E-state index in [9.17, 15) is 0 Å². The third kappa shape index (κ3) is 3.83. The summed E-state index contributed by atoms with van der Waals surface area (Å²) < 4.78 is 10.8. The zero-order valence-electron chi connectivity index (χ0n) is 15.7. The number of ether oxygens (including phenoxy) is 2. The van der Waals surface area contributed by atoms with Gasteiger partial charge in [0.1, 0.15) is 0 Å². The number of fused-ring (bicyclic) bond motifs is 1. The van der Waals surface area contributed by atoms with Crippen LogP contribution < -0.4 is 14.8 Å². The highest BCUT2D eigenvalue weighted by Crippen LogP contribution is 2.35. The Kier molecular flexibility index (Phi) is 5.12. The van der Waals surface area contributed by atoms with Gasteiger partial charge in [0.2, 0.25) is 6.79 Å². The Bertz CT molecular complexity index is 838. The zero-order chi connectivity index (χ0) is 18.5. The minimum absolute atomic E-state index is 0.0234. The second-order valence-corrected chi connectivity index (χ2v) is 7.18. The van der Waals surface area contributed by atoms with E-state index in [0.29, 0.717) is 6.79 Å². The average Bonchev–Trinajstić information content (AvgIpc) is 3.20. The van der Waals surface area contributed by atoms with Crippen LogP contribution in [0, 0.1) is 0 Å². The highest BCUT2D eigenvalue weighted by atomic mass is 16.7. The number of benzene rings is 3. The highest BCUT2D eigenvalue weighted by molar-refractivity contribution is 5.44. The topological polar surface area (TPSA) is 30.5 Å². The fraction of sp³-hybridized carbons (Fsp3) is 0.250. The first-order valence-corrected chi connectivity index (χ1v) is 9.46. The molecule has 0 fully saturated rings. The van der Waals surface area contributed by atoms with Crippen molar-refractivity contribution in [3.8, 4) is 11.5 Å². The second kappa shape index (κ2) is 7.85. The van der Waals surface area contributed by atoms with E-state index in [4.69, 9.17) is 9.47 Å². The van der Waals surface area contributed by atoms with E-state index >= 15 is 0 Å². The van der Waals surface area contributed by atoms with Gasteiger partial charge in [0.15, 0.2) is 11.5 Å². The Hall–Kier alpha value is -2.78. The van der Waals surface area contributed by atoms with Gasteiger partial charge >= 0.3 is 0 Å². The van der Waals surface area contributed by atoms with Crippen LogP contribution in [0.15, 0.2) is 78.9 Å². The molecule has 1 heterocycles. The molecule has 0 radical (unpaired) electrons. The van der Waals surface area contributed by atoms with Crippen molar-refractivity contribution >= 4 is 0 Å². The summed E-state index contributed by atoms with van der Waals surface area (Å²) >= 11 is 0. The van der Waals surface area contributed by atoms with Crippen molar-refractivity contribution in [3.63, 3.8) is 0 Å². The summed E-state index contributed by atoms with van der Waals surface area (Å²) in [7, 11) is 0. The molecule has 27 heavy (non-hydrogen) atoms. The second-order valence-electron chi connectivity index (χ2n) is 7.18. The van der Waals surface area contributed by atoms with Crippen molar-refractivity contribution in [1.29, 1.82) is 0 Å². The lowest BCUT2D eigenvalue weighted by Crippen LogP contribution is -2.29. The fourth-order valence-corrected chi connectivity index (χ4v) is 3.69. The van der Waals surface area contributed by atoms with Crippen LogP contribution in [0.1, 0.15) is 30.0 Å². The van der Waals surface area contributed by atoms with Crippen LogP contribution in [-0.2, 0) is 12.0 Å². The average molecular weight is 359 g/mol. The highest BCUT2D eigenvalue weighted by Gasteiger charge is 2.28. The van der Waals surface area contributed by atoms with Gasteiger partial charge in [-0.05, 0) is 41.8 Å². The standard InChI is InChI=1S/C24H25NO2/c1-24(20-8-4-2-5-9-20,21-10-6-3-7-11-21)14-15-25-17-19-12-13-22-23(16-19)27-18-26-22/h2-13,16,25H,14-15,17-18H2,1H3. The van der Waals surface area contributed by atoms with E-state index in [2.05, 4.69) is 85.0 Å². The molecule has 0 spiro atoms. The molecule has 0 saturated heterocycles. The van der Waals surface area contributed by atoms with Crippen LogP contribution >= 0.6 is 0 Å². The monoisotopic (exact) mass is 359 g/mol. The van der Waals surface area contributed by atoms with Crippen molar-refractivity contribution in [2.45, 2.75) is 25.3 Å². The summed E-state index contributed by atoms with van der Waals surface area (Å²) in [5.74, 6) is 1.67. The van der Waals surface area contributed by atoms with Crippen LogP contribution in [0.4, 0.5) is 0 Å². The Morgan fingerprint density at radius 3 is 2.11 bits per heavy atom. The number of hydrogen-bond donors (Lipinski definition) is 1. The van der Waals surface area contributed by atoms with E-state index in [-0.39, 0.29) is 5.41 Å². The third-order valence-electron chi connectivity index (χ3n) is 5.39. The first-order chi connectivity index (χ1) is 13.3. The Morgan fingerprint density at radius 1 is 0.815 bits per heavy atom. The van der Waals surface area contributed by atoms with Crippen LogP contribution in [0.5, 0.6) is 11.5 Å². The molecule has 0 amide bonds. The molecule has 3 heteroatoms. The summed E-state index contributed by atoms with van der Waals surface area (Å²) in [6, 6.07) is 27.7. The fourth-order valence-electron chi connectivity index (χ4n) is 3.69. The number of rotatable bonds is 7. The molecule has 3 aromatic rings. The first kappa shape index (κ1) is 17.6. The van der Waals surface area contributed by atoms with Gasteiger partial charge in [0.05, 0.1) is 0 Å². The largest absolute Gasteiger partial charge is 0.454 e. The number of nitrogens with one attached hydrogen (secondary N) is 1. The van der Waals surface area contributed by atoms with E-state index in [1.807, 2.05) is 6.07 Å². The number of hydrogen-bond acceptors (Lipinski definition) is 3. The van der Waals surface area contributed by atoms with Crippen LogP contribution in [-0.4, -0.2) is 13.3 Å². The molecule has 0 unspecified atom stereocenters. The van der Waals surface area contributed by atoms with Gasteiger partial charge in [-0.2, -0.15) is 0 Å². The molecule has 0 saturated carbocycles. The molecule has 0 atom stereocenters. The van der Waals surface area contributed by atoms with Crippen LogP contribution in [0.25, 0.3) is 0 Å². The van der Waals surface area contributed by atoms with Gasteiger partial charge in [-0.15, -0.1) is 0 Å². The van der Waals surface area contributed by atoms with Crippen LogP contribution in [0.3, 0.4) is 0 Å². The van der Waals surface area contributed by atoms with Gasteiger partial charge in [0.25, 0.3) is 0 Å².